The van der Waals surface area contributed by atoms with Crippen LogP contribution in [0.25, 0.3) is 0 Å². The second-order valence-corrected chi connectivity index (χ2v) is 5.23. The van der Waals surface area contributed by atoms with Crippen LogP contribution in [0, 0.1) is 5.21 Å². The van der Waals surface area contributed by atoms with Crippen LogP contribution in [0.2, 0.25) is 0 Å². The van der Waals surface area contributed by atoms with Gasteiger partial charge in [0.2, 0.25) is 0 Å². The summed E-state index contributed by atoms with van der Waals surface area (Å²) in [7, 11) is 0. The number of nitrogens with zero attached hydrogens (tertiary/aromatic N) is 1. The monoisotopic (exact) mass is 228 g/mol. The first-order valence-electron chi connectivity index (χ1n) is 2.96. The van der Waals surface area contributed by atoms with Gasteiger partial charge in [-0.2, -0.15) is 0 Å². The van der Waals surface area contributed by atoms with Crippen LogP contribution in [0.3, 0.4) is 0 Å². The number of quaternary nitrogens is 1. The zero-order chi connectivity index (χ0) is 6.04. The van der Waals surface area contributed by atoms with E-state index in [-0.39, 0.29) is 24.3 Å². The van der Waals surface area contributed by atoms with Gasteiger partial charge in [-0.1, -0.05) is 0 Å². The molecule has 1 fully saturated rings. The second kappa shape index (κ2) is 2.49. The van der Waals surface area contributed by atoms with Crippen molar-refractivity contribution in [2.45, 2.75) is 19.8 Å². The third-order valence-electron chi connectivity index (χ3n) is 1.23. The van der Waals surface area contributed by atoms with Gasteiger partial charge < -0.3 is 0 Å². The van der Waals surface area contributed by atoms with Crippen molar-refractivity contribution < 1.29 is 24.3 Å². The summed E-state index contributed by atoms with van der Waals surface area (Å²) < 4.78 is 1.20. The van der Waals surface area contributed by atoms with Gasteiger partial charge in [0.1, 0.15) is 0 Å². The summed E-state index contributed by atoms with van der Waals surface area (Å²) in [5.41, 5.74) is 0. The first-order chi connectivity index (χ1) is 3.77. The molecule has 1 aliphatic rings. The van der Waals surface area contributed by atoms with Crippen molar-refractivity contribution in [1.29, 1.82) is 0 Å². The van der Waals surface area contributed by atoms with E-state index >= 15 is 0 Å². The standard InChI is InChI=1S/C5H11INO/c1-2-3-4-7(8)5-6-7/h2-5H2,1H3/q-1. The minimum atomic E-state index is 0.0599. The first kappa shape index (κ1) is 6.77. The number of hydrogen-bond donors (Lipinski definition) is 0. The van der Waals surface area contributed by atoms with E-state index in [1.54, 1.807) is 0 Å². The summed E-state index contributed by atoms with van der Waals surface area (Å²) in [5.74, 6) is 0. The van der Waals surface area contributed by atoms with Gasteiger partial charge in [-0.15, -0.1) is 0 Å². The molecule has 1 atom stereocenters. The van der Waals surface area contributed by atoms with E-state index in [0.717, 1.165) is 17.5 Å². The Bertz CT molecular complexity index is 82.5. The maximum absolute atomic E-state index is 11.0. The fourth-order valence-electron chi connectivity index (χ4n) is 0.573. The quantitative estimate of drug-likeness (QED) is 0.138. The van der Waals surface area contributed by atoms with Gasteiger partial charge in [-0.3, -0.25) is 0 Å². The molecule has 0 N–H and O–H groups in total. The summed E-state index contributed by atoms with van der Waals surface area (Å²) in [6.45, 7) is 3.04. The van der Waals surface area contributed by atoms with Crippen LogP contribution >= 0.6 is 0 Å². The fourth-order valence-corrected chi connectivity index (χ4v) is 1.94. The average molecular weight is 228 g/mol. The van der Waals surface area contributed by atoms with Gasteiger partial charge >= 0.3 is 60.4 Å². The van der Waals surface area contributed by atoms with Gasteiger partial charge in [0.15, 0.2) is 0 Å². The zero-order valence-corrected chi connectivity index (χ0v) is 7.22. The molecular formula is C5H11INO-. The molecule has 0 aromatic heterocycles. The molecule has 3 heteroatoms. The molecule has 0 aromatic rings. The van der Waals surface area contributed by atoms with Crippen molar-refractivity contribution in [2.75, 3.05) is 11.1 Å². The van der Waals surface area contributed by atoms with E-state index < -0.39 is 0 Å². The van der Waals surface area contributed by atoms with Crippen molar-refractivity contribution in [3.8, 4) is 0 Å². The summed E-state index contributed by atoms with van der Waals surface area (Å²) in [6.07, 6.45) is 2.30. The SMILES string of the molecule is CCCC[N+]1([O-])C[I-]1. The molecule has 8 heavy (non-hydrogen) atoms. The molecule has 0 aliphatic carbocycles. The Balaban J connectivity index is 2.01. The number of hydroxylamine groups is 2. The number of hydrogen-bond acceptors (Lipinski definition) is 1. The number of alkyl halides is 1. The Morgan fingerprint density at radius 1 is 1.75 bits per heavy atom. The van der Waals surface area contributed by atoms with Crippen LogP contribution in [0.1, 0.15) is 19.8 Å². The van der Waals surface area contributed by atoms with E-state index in [0.29, 0.717) is 0 Å². The Hall–Kier alpha value is 0.650. The van der Waals surface area contributed by atoms with E-state index in [1.165, 1.54) is 6.42 Å². The molecule has 2 nitrogen and oxygen atoms in total. The van der Waals surface area contributed by atoms with Gasteiger partial charge in [-0.25, -0.2) is 0 Å². The van der Waals surface area contributed by atoms with E-state index in [4.69, 9.17) is 0 Å². The molecule has 0 amide bonds. The van der Waals surface area contributed by atoms with Crippen LogP contribution in [-0.2, 0) is 0 Å². The van der Waals surface area contributed by atoms with Crippen LogP contribution in [-0.4, -0.2) is 14.0 Å². The maximum atomic E-state index is 11.0. The van der Waals surface area contributed by atoms with Crippen molar-refractivity contribution in [3.63, 3.8) is 0 Å². The van der Waals surface area contributed by atoms with Crippen LogP contribution in [0.4, 0.5) is 0 Å². The van der Waals surface area contributed by atoms with Crippen molar-refractivity contribution >= 4 is 0 Å². The molecule has 50 valence electrons. The second-order valence-electron chi connectivity index (χ2n) is 2.11. The average Bonchev–Trinajstić information content (AvgIpc) is 2.45. The Morgan fingerprint density at radius 2 is 2.38 bits per heavy atom. The molecule has 0 radical (unpaired) electrons. The molecule has 1 saturated heterocycles. The van der Waals surface area contributed by atoms with Crippen molar-refractivity contribution in [2.24, 2.45) is 0 Å². The van der Waals surface area contributed by atoms with Crippen molar-refractivity contribution in [3.05, 3.63) is 5.21 Å². The minimum absolute atomic E-state index is 0.0599. The summed E-state index contributed by atoms with van der Waals surface area (Å²) in [4.78, 5) is 0. The summed E-state index contributed by atoms with van der Waals surface area (Å²) >= 11 is 0.0599. The molecule has 1 unspecified atom stereocenters. The molecule has 1 rings (SSSR count). The zero-order valence-electron chi connectivity index (χ0n) is 5.06. The Morgan fingerprint density at radius 3 is 2.75 bits per heavy atom. The number of unbranched alkanes of at least 4 members (excludes halogenated alkanes) is 1. The van der Waals surface area contributed by atoms with Gasteiger partial charge in [-0.05, 0) is 0 Å². The van der Waals surface area contributed by atoms with Crippen LogP contribution in [0.15, 0.2) is 0 Å². The van der Waals surface area contributed by atoms with Gasteiger partial charge in [0, 0.05) is 0 Å². The molecule has 0 spiro atoms. The summed E-state index contributed by atoms with van der Waals surface area (Å²) in [6, 6.07) is 0. The molecule has 0 aromatic carbocycles. The topological polar surface area (TPSA) is 23.1 Å². The first-order valence-corrected chi connectivity index (χ1v) is 5.45. The fraction of sp³-hybridized carbons (Fsp3) is 1.00. The van der Waals surface area contributed by atoms with Gasteiger partial charge in [0.25, 0.3) is 0 Å². The predicted octanol–water partition coefficient (Wildman–Crippen LogP) is -1.92. The van der Waals surface area contributed by atoms with Crippen LogP contribution in [0.5, 0.6) is 0 Å². The molecular weight excluding hydrogens is 217 g/mol. The predicted molar refractivity (Wildman–Crippen MR) is 28.3 cm³/mol. The van der Waals surface area contributed by atoms with Crippen LogP contribution < -0.4 is 21.5 Å². The third kappa shape index (κ3) is 1.87. The van der Waals surface area contributed by atoms with E-state index in [9.17, 15) is 5.21 Å². The third-order valence-corrected chi connectivity index (χ3v) is 3.92. The van der Waals surface area contributed by atoms with Gasteiger partial charge in [0.05, 0.1) is 0 Å². The Kier molecular flexibility index (Phi) is 2.11. The molecule has 0 saturated carbocycles. The van der Waals surface area contributed by atoms with Crippen molar-refractivity contribution in [1.82, 2.24) is 0 Å². The molecule has 1 aliphatic heterocycles. The number of halogens is 1. The van der Waals surface area contributed by atoms with E-state index in [1.807, 2.05) is 0 Å². The normalized spacial score (nSPS) is 36.2. The number of rotatable bonds is 3. The molecule has 0 bridgehead atoms. The van der Waals surface area contributed by atoms with E-state index in [2.05, 4.69) is 6.92 Å². The summed E-state index contributed by atoms with van der Waals surface area (Å²) in [5, 5.41) is 11.0. The Labute approximate surface area is 60.7 Å². The molecule has 1 heterocycles.